The van der Waals surface area contributed by atoms with E-state index in [1.807, 2.05) is 0 Å². The molecule has 0 saturated heterocycles. The molecule has 1 heterocycles. The van der Waals surface area contributed by atoms with Gasteiger partial charge >= 0.3 is 6.09 Å². The zero-order valence-electron chi connectivity index (χ0n) is 20.7. The molecule has 6 nitrogen and oxygen atoms in total. The normalized spacial score (nSPS) is 12.9. The number of pyridine rings is 1. The van der Waals surface area contributed by atoms with Crippen LogP contribution in [0.15, 0.2) is 48.7 Å². The number of benzene rings is 2. The predicted molar refractivity (Wildman–Crippen MR) is 138 cm³/mol. The van der Waals surface area contributed by atoms with E-state index in [0.717, 1.165) is 0 Å². The molecule has 0 bridgehead atoms. The first kappa shape index (κ1) is 29.3. The fraction of sp³-hybridized carbons (Fsp3) is 0.370. The van der Waals surface area contributed by atoms with Crippen LogP contribution in [0.3, 0.4) is 0 Å². The average molecular weight is 554 g/mol. The number of rotatable bonds is 13. The number of carbonyl (C=O) groups excluding carboxylic acids is 2. The molecule has 38 heavy (non-hydrogen) atoms. The summed E-state index contributed by atoms with van der Waals surface area (Å²) in [6, 6.07) is 10.0. The Balaban J connectivity index is 1.59. The lowest BCUT2D eigenvalue weighted by atomic mass is 9.77. The molecule has 0 aliphatic carbocycles. The van der Waals surface area contributed by atoms with Crippen LogP contribution < -0.4 is 10.6 Å². The lowest BCUT2D eigenvalue weighted by Gasteiger charge is -2.28. The molecule has 3 rings (SSSR count). The number of ketones is 1. The van der Waals surface area contributed by atoms with Gasteiger partial charge < -0.3 is 10.1 Å². The number of carbonyl (C=O) groups is 2. The van der Waals surface area contributed by atoms with Crippen molar-refractivity contribution >= 4 is 40.1 Å². The molecule has 3 aromatic rings. The Labute approximate surface area is 222 Å². The number of ether oxygens (including phenoxy) is 1. The Bertz CT molecular complexity index is 1280. The van der Waals surface area contributed by atoms with Gasteiger partial charge in [0.05, 0.1) is 18.2 Å². The summed E-state index contributed by atoms with van der Waals surface area (Å²) in [5.74, 6) is -1.04. The van der Waals surface area contributed by atoms with Gasteiger partial charge in [-0.25, -0.2) is 27.3 Å². The Kier molecular flexibility index (Phi) is 10.4. The number of hydrogen-bond acceptors (Lipinski definition) is 5. The van der Waals surface area contributed by atoms with E-state index >= 15 is 0 Å². The van der Waals surface area contributed by atoms with Crippen LogP contribution in [0.4, 0.5) is 28.2 Å². The first-order valence-electron chi connectivity index (χ1n) is 12.0. The highest BCUT2D eigenvalue weighted by Crippen LogP contribution is 2.30. The zero-order chi connectivity index (χ0) is 27.7. The highest BCUT2D eigenvalue weighted by molar-refractivity contribution is 6.31. The van der Waals surface area contributed by atoms with Crippen LogP contribution in [0.5, 0.6) is 0 Å². The van der Waals surface area contributed by atoms with E-state index in [9.17, 15) is 27.2 Å². The maximum atomic E-state index is 13.7. The third kappa shape index (κ3) is 8.39. The van der Waals surface area contributed by atoms with Gasteiger partial charge in [0.15, 0.2) is 0 Å². The summed E-state index contributed by atoms with van der Waals surface area (Å²) >= 11 is 5.99. The van der Waals surface area contributed by atoms with Crippen LogP contribution in [0.25, 0.3) is 10.8 Å². The summed E-state index contributed by atoms with van der Waals surface area (Å²) in [7, 11) is 0. The Morgan fingerprint density at radius 3 is 2.66 bits per heavy atom. The Hall–Kier alpha value is -3.24. The zero-order valence-corrected chi connectivity index (χ0v) is 21.5. The smallest absolute Gasteiger partial charge is 0.412 e. The number of fused-ring (bicyclic) bond motifs is 1. The molecule has 0 radical (unpaired) electrons. The topological polar surface area (TPSA) is 80.3 Å². The highest BCUT2D eigenvalue weighted by Gasteiger charge is 2.32. The number of nitrogens with zero attached hydrogens (tertiary/aromatic N) is 1. The van der Waals surface area contributed by atoms with Gasteiger partial charge in [-0.05, 0) is 67.1 Å². The number of anilines is 1. The summed E-state index contributed by atoms with van der Waals surface area (Å²) < 4.78 is 57.5. The van der Waals surface area contributed by atoms with Crippen LogP contribution in [0.1, 0.15) is 31.7 Å². The van der Waals surface area contributed by atoms with Crippen molar-refractivity contribution in [3.63, 3.8) is 0 Å². The molecule has 0 aliphatic rings. The average Bonchev–Trinajstić information content (AvgIpc) is 2.87. The Morgan fingerprint density at radius 2 is 1.89 bits per heavy atom. The second-order valence-corrected chi connectivity index (χ2v) is 9.49. The standard InChI is InChI=1S/C27H28ClF4N3O3/c1-27(9-11-33-16-23(31)32,22(36)8-6-17-3-2-4-21(30)25(17)28)10-12-38-26(37)35-24-14-19-13-20(29)7-5-18(19)15-34-24/h2-5,7,13-15,23,33H,6,8-12,16H2,1H3,(H,34,35,37). The molecule has 11 heteroatoms. The van der Waals surface area contributed by atoms with Crippen molar-refractivity contribution in [1.82, 2.24) is 10.3 Å². The fourth-order valence-electron chi connectivity index (χ4n) is 3.96. The van der Waals surface area contributed by atoms with Gasteiger partial charge in [-0.1, -0.05) is 30.7 Å². The number of aromatic nitrogens is 1. The monoisotopic (exact) mass is 553 g/mol. The molecule has 2 aromatic carbocycles. The van der Waals surface area contributed by atoms with E-state index in [0.29, 0.717) is 16.3 Å². The SMILES string of the molecule is CC(CCNCC(F)F)(CCOC(=O)Nc1cc2cc(F)ccc2cn1)C(=O)CCc1cccc(F)c1Cl. The van der Waals surface area contributed by atoms with Crippen molar-refractivity contribution in [3.05, 3.63) is 70.9 Å². The molecule has 1 amide bonds. The third-order valence-electron chi connectivity index (χ3n) is 6.28. The van der Waals surface area contributed by atoms with Crippen LogP contribution in [-0.4, -0.2) is 43.0 Å². The minimum atomic E-state index is -2.53. The van der Waals surface area contributed by atoms with E-state index < -0.39 is 36.1 Å². The first-order valence-corrected chi connectivity index (χ1v) is 12.4. The van der Waals surface area contributed by atoms with Gasteiger partial charge in [0.2, 0.25) is 0 Å². The van der Waals surface area contributed by atoms with Crippen LogP contribution in [0, 0.1) is 17.0 Å². The van der Waals surface area contributed by atoms with E-state index in [1.165, 1.54) is 36.5 Å². The molecule has 1 unspecified atom stereocenters. The van der Waals surface area contributed by atoms with Crippen LogP contribution in [-0.2, 0) is 16.0 Å². The molecule has 1 aromatic heterocycles. The number of hydrogen-bond donors (Lipinski definition) is 2. The summed E-state index contributed by atoms with van der Waals surface area (Å²) in [4.78, 5) is 29.6. The molecule has 0 saturated carbocycles. The number of amides is 1. The fourth-order valence-corrected chi connectivity index (χ4v) is 4.18. The van der Waals surface area contributed by atoms with Crippen molar-refractivity contribution in [2.45, 2.75) is 39.0 Å². The van der Waals surface area contributed by atoms with Crippen LogP contribution in [0.2, 0.25) is 5.02 Å². The second-order valence-electron chi connectivity index (χ2n) is 9.11. The van der Waals surface area contributed by atoms with Gasteiger partial charge in [0, 0.05) is 23.4 Å². The highest BCUT2D eigenvalue weighted by atomic mass is 35.5. The number of halogens is 5. The largest absolute Gasteiger partial charge is 0.449 e. The molecular weight excluding hydrogens is 526 g/mol. The van der Waals surface area contributed by atoms with E-state index in [-0.39, 0.29) is 55.5 Å². The predicted octanol–water partition coefficient (Wildman–Crippen LogP) is 6.56. The summed E-state index contributed by atoms with van der Waals surface area (Å²) in [6.45, 7) is 1.18. The van der Waals surface area contributed by atoms with Gasteiger partial charge in [-0.15, -0.1) is 0 Å². The number of nitrogens with one attached hydrogen (secondary N) is 2. The molecule has 2 N–H and O–H groups in total. The quantitative estimate of drug-likeness (QED) is 0.185. The lowest BCUT2D eigenvalue weighted by Crippen LogP contribution is -2.35. The minimum Gasteiger partial charge on any atom is -0.449 e. The van der Waals surface area contributed by atoms with Crippen molar-refractivity contribution in [3.8, 4) is 0 Å². The number of alkyl halides is 2. The summed E-state index contributed by atoms with van der Waals surface area (Å²) in [6.07, 6.45) is -1.27. The second kappa shape index (κ2) is 13.5. The van der Waals surface area contributed by atoms with E-state index in [4.69, 9.17) is 16.3 Å². The molecule has 0 aliphatic heterocycles. The van der Waals surface area contributed by atoms with Crippen molar-refractivity contribution in [2.75, 3.05) is 25.0 Å². The molecule has 1 atom stereocenters. The lowest BCUT2D eigenvalue weighted by molar-refractivity contribution is -0.129. The van der Waals surface area contributed by atoms with Crippen molar-refractivity contribution in [2.24, 2.45) is 5.41 Å². The van der Waals surface area contributed by atoms with Gasteiger partial charge in [-0.2, -0.15) is 0 Å². The van der Waals surface area contributed by atoms with Crippen molar-refractivity contribution < 1.29 is 31.9 Å². The molecule has 0 fully saturated rings. The molecule has 204 valence electrons. The summed E-state index contributed by atoms with van der Waals surface area (Å²) in [5.41, 5.74) is -0.523. The number of Topliss-reactive ketones (excluding diaryl/α,β-unsaturated/α-hetero) is 1. The van der Waals surface area contributed by atoms with Gasteiger partial charge in [0.25, 0.3) is 6.43 Å². The van der Waals surface area contributed by atoms with Gasteiger partial charge in [0.1, 0.15) is 23.2 Å². The maximum Gasteiger partial charge on any atom is 0.412 e. The molecule has 0 spiro atoms. The van der Waals surface area contributed by atoms with Gasteiger partial charge in [-0.3, -0.25) is 10.1 Å². The molecular formula is C27H28ClF4N3O3. The first-order chi connectivity index (χ1) is 18.1. The maximum absolute atomic E-state index is 13.7. The summed E-state index contributed by atoms with van der Waals surface area (Å²) in [5, 5.41) is 6.26. The van der Waals surface area contributed by atoms with Crippen molar-refractivity contribution in [1.29, 1.82) is 0 Å². The Morgan fingerprint density at radius 1 is 1.11 bits per heavy atom. The number of aryl methyl sites for hydroxylation is 1. The van der Waals surface area contributed by atoms with E-state index in [1.54, 1.807) is 19.1 Å². The van der Waals surface area contributed by atoms with Crippen LogP contribution >= 0.6 is 11.6 Å². The minimum absolute atomic E-state index is 0.0400. The van der Waals surface area contributed by atoms with E-state index in [2.05, 4.69) is 15.6 Å². The third-order valence-corrected chi connectivity index (χ3v) is 6.70.